The first-order valence-electron chi connectivity index (χ1n) is 9.00. The van der Waals surface area contributed by atoms with E-state index in [-0.39, 0.29) is 10.6 Å². The van der Waals surface area contributed by atoms with Crippen LogP contribution in [0.3, 0.4) is 0 Å². The van der Waals surface area contributed by atoms with Gasteiger partial charge in [0.15, 0.2) is 0 Å². The third-order valence-corrected chi connectivity index (χ3v) is 5.30. The van der Waals surface area contributed by atoms with Gasteiger partial charge in [-0.25, -0.2) is 4.79 Å². The number of fused-ring (bicyclic) bond motifs is 3. The van der Waals surface area contributed by atoms with Gasteiger partial charge in [0, 0.05) is 30.4 Å². The molecule has 28 heavy (non-hydrogen) atoms. The van der Waals surface area contributed by atoms with Gasteiger partial charge in [0.1, 0.15) is 0 Å². The number of benzene rings is 2. The zero-order valence-electron chi connectivity index (χ0n) is 16.0. The van der Waals surface area contributed by atoms with Crippen LogP contribution in [-0.2, 0) is 15.0 Å². The van der Waals surface area contributed by atoms with Crippen molar-refractivity contribution >= 4 is 29.0 Å². The Hall–Kier alpha value is -2.73. The molecule has 2 aromatic rings. The zero-order chi connectivity index (χ0) is 20.5. The Bertz CT molecular complexity index is 982. The fourth-order valence-corrected chi connectivity index (χ4v) is 3.75. The first-order chi connectivity index (χ1) is 13.3. The van der Waals surface area contributed by atoms with Crippen molar-refractivity contribution in [2.75, 3.05) is 5.88 Å². The van der Waals surface area contributed by atoms with E-state index in [0.717, 1.165) is 27.8 Å². The van der Waals surface area contributed by atoms with Crippen LogP contribution in [0.5, 0.6) is 0 Å². The molecule has 1 aliphatic rings. The Balaban J connectivity index is 2.07. The quantitative estimate of drug-likeness (QED) is 0.220. The SMILES string of the molecule is CC(=O)O/N=C(\CCCCl)c1ccc2c(c1)C(C)(C)c1cc([N+](=O)[O-])ccc1-2. The van der Waals surface area contributed by atoms with E-state index in [1.165, 1.54) is 13.0 Å². The molecule has 0 unspecified atom stereocenters. The lowest BCUT2D eigenvalue weighted by Crippen LogP contribution is -2.16. The second kappa shape index (κ2) is 7.72. The molecule has 0 bridgehead atoms. The topological polar surface area (TPSA) is 81.8 Å². The number of carbonyl (C=O) groups is 1. The summed E-state index contributed by atoms with van der Waals surface area (Å²) in [5.74, 6) is -0.00505. The molecule has 7 heteroatoms. The van der Waals surface area contributed by atoms with Crippen molar-refractivity contribution in [1.82, 2.24) is 0 Å². The Morgan fingerprint density at radius 3 is 2.43 bits per heavy atom. The maximum atomic E-state index is 11.2. The van der Waals surface area contributed by atoms with Crippen LogP contribution in [-0.4, -0.2) is 22.5 Å². The molecule has 0 aromatic heterocycles. The lowest BCUT2D eigenvalue weighted by molar-refractivity contribution is -0.384. The van der Waals surface area contributed by atoms with E-state index in [4.69, 9.17) is 16.4 Å². The van der Waals surface area contributed by atoms with Gasteiger partial charge in [-0.15, -0.1) is 11.6 Å². The van der Waals surface area contributed by atoms with Gasteiger partial charge in [-0.1, -0.05) is 31.1 Å². The smallest absolute Gasteiger partial charge is 0.318 e. The van der Waals surface area contributed by atoms with Gasteiger partial charge in [-0.05, 0) is 52.8 Å². The molecule has 0 N–H and O–H groups in total. The molecule has 0 saturated carbocycles. The molecular weight excluding hydrogens is 380 g/mol. The number of oxime groups is 1. The van der Waals surface area contributed by atoms with E-state index in [1.807, 2.05) is 38.1 Å². The normalized spacial score (nSPS) is 14.4. The molecule has 1 aliphatic carbocycles. The van der Waals surface area contributed by atoms with Crippen LogP contribution in [0.15, 0.2) is 41.6 Å². The second-order valence-corrected chi connectivity index (χ2v) is 7.66. The van der Waals surface area contributed by atoms with Crippen molar-refractivity contribution in [3.8, 4) is 11.1 Å². The Morgan fingerprint density at radius 2 is 1.82 bits per heavy atom. The fraction of sp³-hybridized carbons (Fsp3) is 0.333. The van der Waals surface area contributed by atoms with Crippen molar-refractivity contribution in [2.45, 2.75) is 39.0 Å². The Morgan fingerprint density at radius 1 is 1.18 bits per heavy atom. The van der Waals surface area contributed by atoms with E-state index in [1.54, 1.807) is 6.07 Å². The summed E-state index contributed by atoms with van der Waals surface area (Å²) in [7, 11) is 0. The number of carbonyl (C=O) groups excluding carboxylic acids is 1. The van der Waals surface area contributed by atoms with Crippen LogP contribution >= 0.6 is 11.6 Å². The molecule has 6 nitrogen and oxygen atoms in total. The Labute approximate surface area is 168 Å². The van der Waals surface area contributed by atoms with Gasteiger partial charge in [-0.2, -0.15) is 0 Å². The molecule has 0 heterocycles. The van der Waals surface area contributed by atoms with E-state index in [0.29, 0.717) is 24.4 Å². The second-order valence-electron chi connectivity index (χ2n) is 7.29. The number of nitro groups is 1. The minimum absolute atomic E-state index is 0.0825. The summed E-state index contributed by atoms with van der Waals surface area (Å²) < 4.78 is 0. The third kappa shape index (κ3) is 3.64. The third-order valence-electron chi connectivity index (χ3n) is 5.04. The average molecular weight is 401 g/mol. The zero-order valence-corrected chi connectivity index (χ0v) is 16.7. The minimum atomic E-state index is -0.482. The highest BCUT2D eigenvalue weighted by atomic mass is 35.5. The molecule has 0 saturated heterocycles. The largest absolute Gasteiger partial charge is 0.331 e. The highest BCUT2D eigenvalue weighted by Crippen LogP contribution is 2.49. The van der Waals surface area contributed by atoms with E-state index in [9.17, 15) is 14.9 Å². The molecule has 0 atom stereocenters. The minimum Gasteiger partial charge on any atom is -0.318 e. The number of hydrogen-bond donors (Lipinski definition) is 0. The predicted molar refractivity (Wildman–Crippen MR) is 109 cm³/mol. The van der Waals surface area contributed by atoms with Crippen LogP contribution in [0.25, 0.3) is 11.1 Å². The highest BCUT2D eigenvalue weighted by Gasteiger charge is 2.37. The molecule has 2 aromatic carbocycles. The molecule has 0 spiro atoms. The first kappa shape index (κ1) is 20.0. The first-order valence-corrected chi connectivity index (χ1v) is 9.53. The molecule has 0 fully saturated rings. The molecule has 0 radical (unpaired) electrons. The molecule has 0 aliphatic heterocycles. The number of rotatable bonds is 6. The number of alkyl halides is 1. The van der Waals surface area contributed by atoms with E-state index < -0.39 is 11.4 Å². The van der Waals surface area contributed by atoms with Crippen LogP contribution in [0, 0.1) is 10.1 Å². The Kier molecular flexibility index (Phi) is 5.52. The summed E-state index contributed by atoms with van der Waals surface area (Å²) in [6, 6.07) is 10.9. The predicted octanol–water partition coefficient (Wildman–Crippen LogP) is 5.19. The van der Waals surface area contributed by atoms with Gasteiger partial charge in [0.05, 0.1) is 10.6 Å². The highest BCUT2D eigenvalue weighted by molar-refractivity contribution is 6.18. The summed E-state index contributed by atoms with van der Waals surface area (Å²) in [4.78, 5) is 26.8. The van der Waals surface area contributed by atoms with E-state index >= 15 is 0 Å². The van der Waals surface area contributed by atoms with Crippen molar-refractivity contribution in [3.63, 3.8) is 0 Å². The molecular formula is C21H21ClN2O4. The van der Waals surface area contributed by atoms with Crippen LogP contribution in [0.1, 0.15) is 50.3 Å². The van der Waals surface area contributed by atoms with Gasteiger partial charge < -0.3 is 4.84 Å². The van der Waals surface area contributed by atoms with Crippen molar-refractivity contribution in [1.29, 1.82) is 0 Å². The number of nitrogens with zero attached hydrogens (tertiary/aromatic N) is 2. The standard InChI is InChI=1S/C21H21ClN2O4/c1-13(25)28-23-20(5-4-10-22)14-6-8-16-17-9-7-15(24(26)27)12-19(17)21(2,3)18(16)11-14/h6-9,11-12H,4-5,10H2,1-3H3/b23-20+. The van der Waals surface area contributed by atoms with E-state index in [2.05, 4.69) is 5.16 Å². The van der Waals surface area contributed by atoms with Crippen molar-refractivity contribution in [2.24, 2.45) is 5.16 Å². The fourth-order valence-electron chi connectivity index (χ4n) is 3.61. The van der Waals surface area contributed by atoms with Crippen molar-refractivity contribution < 1.29 is 14.6 Å². The number of non-ortho nitro benzene ring substituents is 1. The average Bonchev–Trinajstić information content (AvgIpc) is 2.88. The number of halogens is 1. The summed E-state index contributed by atoms with van der Waals surface area (Å²) >= 11 is 5.82. The number of nitro benzene ring substituents is 1. The summed E-state index contributed by atoms with van der Waals surface area (Å²) in [6.45, 7) is 5.40. The molecule has 3 rings (SSSR count). The monoisotopic (exact) mass is 400 g/mol. The maximum absolute atomic E-state index is 11.2. The van der Waals surface area contributed by atoms with Gasteiger partial charge in [0.2, 0.25) is 0 Å². The molecule has 146 valence electrons. The summed E-state index contributed by atoms with van der Waals surface area (Å²) in [5, 5.41) is 15.2. The van der Waals surface area contributed by atoms with Crippen LogP contribution < -0.4 is 0 Å². The molecule has 0 amide bonds. The summed E-state index contributed by atoms with van der Waals surface area (Å²) in [5.41, 5.74) is 5.20. The van der Waals surface area contributed by atoms with Crippen LogP contribution in [0.4, 0.5) is 5.69 Å². The van der Waals surface area contributed by atoms with Gasteiger partial charge in [0.25, 0.3) is 5.69 Å². The van der Waals surface area contributed by atoms with Gasteiger partial charge >= 0.3 is 5.97 Å². The lowest BCUT2D eigenvalue weighted by atomic mass is 9.81. The number of hydrogen-bond acceptors (Lipinski definition) is 5. The van der Waals surface area contributed by atoms with Crippen molar-refractivity contribution in [3.05, 3.63) is 63.2 Å². The van der Waals surface area contributed by atoms with Crippen LogP contribution in [0.2, 0.25) is 0 Å². The maximum Gasteiger partial charge on any atom is 0.331 e. The lowest BCUT2D eigenvalue weighted by Gasteiger charge is -2.22. The van der Waals surface area contributed by atoms with Gasteiger partial charge in [-0.3, -0.25) is 10.1 Å². The summed E-state index contributed by atoms with van der Waals surface area (Å²) in [6.07, 6.45) is 1.28.